The lowest BCUT2D eigenvalue weighted by Crippen LogP contribution is -2.27. The first-order chi connectivity index (χ1) is 9.99. The van der Waals surface area contributed by atoms with Crippen molar-refractivity contribution >= 4 is 28.8 Å². The van der Waals surface area contributed by atoms with Gasteiger partial charge >= 0.3 is 0 Å². The number of nitrogens with two attached hydrogens (primary N) is 1. The largest absolute Gasteiger partial charge is 0.345 e. The molecule has 1 unspecified atom stereocenters. The van der Waals surface area contributed by atoms with Crippen LogP contribution >= 0.6 is 11.3 Å². The molecule has 0 saturated heterocycles. The van der Waals surface area contributed by atoms with Gasteiger partial charge in [-0.1, -0.05) is 6.07 Å². The van der Waals surface area contributed by atoms with Gasteiger partial charge in [0.05, 0.1) is 0 Å². The SMILES string of the molecule is CN(C)C(=O)c1ccc(NC(=O)C(N)c2cccs2)cc1. The standard InChI is InChI=1S/C15H17N3O2S/c1-18(2)15(20)10-5-7-11(8-6-10)17-14(19)13(16)12-4-3-9-21-12/h3-9,13H,16H2,1-2H3,(H,17,19). The van der Waals surface area contributed by atoms with Crippen LogP contribution in [-0.4, -0.2) is 30.8 Å². The summed E-state index contributed by atoms with van der Waals surface area (Å²) >= 11 is 1.44. The molecule has 0 spiro atoms. The fourth-order valence-corrected chi connectivity index (χ4v) is 2.50. The second-order valence-corrected chi connectivity index (χ2v) is 5.74. The predicted octanol–water partition coefficient (Wildman–Crippen LogP) is 2.09. The van der Waals surface area contributed by atoms with Crippen LogP contribution in [0.3, 0.4) is 0 Å². The summed E-state index contributed by atoms with van der Waals surface area (Å²) in [7, 11) is 3.39. The van der Waals surface area contributed by atoms with Crippen LogP contribution in [0.25, 0.3) is 0 Å². The van der Waals surface area contributed by atoms with Crippen LogP contribution in [0.5, 0.6) is 0 Å². The highest BCUT2D eigenvalue weighted by molar-refractivity contribution is 7.10. The van der Waals surface area contributed by atoms with Gasteiger partial charge in [-0.25, -0.2) is 0 Å². The number of thiophene rings is 1. The summed E-state index contributed by atoms with van der Waals surface area (Å²) in [5.74, 6) is -0.354. The Balaban J connectivity index is 2.03. The van der Waals surface area contributed by atoms with Crippen LogP contribution < -0.4 is 11.1 Å². The monoisotopic (exact) mass is 303 g/mol. The number of hydrogen-bond acceptors (Lipinski definition) is 4. The molecule has 110 valence electrons. The number of amides is 2. The van der Waals surface area contributed by atoms with E-state index in [2.05, 4.69) is 5.32 Å². The van der Waals surface area contributed by atoms with Crippen LogP contribution in [0, 0.1) is 0 Å². The number of nitrogens with zero attached hydrogens (tertiary/aromatic N) is 1. The van der Waals surface area contributed by atoms with E-state index in [9.17, 15) is 9.59 Å². The van der Waals surface area contributed by atoms with Crippen molar-refractivity contribution in [3.05, 3.63) is 52.2 Å². The van der Waals surface area contributed by atoms with E-state index in [1.807, 2.05) is 17.5 Å². The molecule has 2 rings (SSSR count). The Morgan fingerprint density at radius 2 is 1.86 bits per heavy atom. The van der Waals surface area contributed by atoms with E-state index in [4.69, 9.17) is 5.73 Å². The van der Waals surface area contributed by atoms with Gasteiger partial charge in [0.1, 0.15) is 6.04 Å². The Morgan fingerprint density at radius 3 is 2.38 bits per heavy atom. The maximum atomic E-state index is 12.0. The maximum absolute atomic E-state index is 12.0. The number of nitrogens with one attached hydrogen (secondary N) is 1. The molecule has 1 atom stereocenters. The van der Waals surface area contributed by atoms with Crippen LogP contribution in [0.2, 0.25) is 0 Å². The third-order valence-electron chi connectivity index (χ3n) is 2.94. The second kappa shape index (κ2) is 6.51. The number of carbonyl (C=O) groups is 2. The summed E-state index contributed by atoms with van der Waals surface area (Å²) in [5, 5.41) is 4.62. The lowest BCUT2D eigenvalue weighted by molar-refractivity contribution is -0.117. The highest BCUT2D eigenvalue weighted by atomic mass is 32.1. The molecule has 0 aliphatic carbocycles. The molecule has 0 aliphatic rings. The Labute approximate surface area is 127 Å². The summed E-state index contributed by atoms with van der Waals surface area (Å²) in [6.07, 6.45) is 0. The summed E-state index contributed by atoms with van der Waals surface area (Å²) in [4.78, 5) is 26.1. The van der Waals surface area contributed by atoms with Gasteiger partial charge in [-0.2, -0.15) is 0 Å². The molecule has 0 bridgehead atoms. The molecule has 21 heavy (non-hydrogen) atoms. The molecular formula is C15H17N3O2S. The van der Waals surface area contributed by atoms with Gasteiger partial charge in [-0.15, -0.1) is 11.3 Å². The molecule has 2 aromatic rings. The van der Waals surface area contributed by atoms with Gasteiger partial charge < -0.3 is 16.0 Å². The summed E-state index contributed by atoms with van der Waals surface area (Å²) in [5.41, 5.74) is 7.07. The van der Waals surface area contributed by atoms with Crippen molar-refractivity contribution in [1.82, 2.24) is 4.90 Å². The molecule has 1 aromatic carbocycles. The van der Waals surface area contributed by atoms with Gasteiger partial charge in [0.25, 0.3) is 5.91 Å². The maximum Gasteiger partial charge on any atom is 0.253 e. The van der Waals surface area contributed by atoms with Crippen LogP contribution in [0.4, 0.5) is 5.69 Å². The minimum Gasteiger partial charge on any atom is -0.345 e. The summed E-state index contributed by atoms with van der Waals surface area (Å²) in [6, 6.07) is 9.73. The number of anilines is 1. The minimum absolute atomic E-state index is 0.0804. The average Bonchev–Trinajstić information content (AvgIpc) is 3.00. The van der Waals surface area contributed by atoms with Gasteiger partial charge in [-0.3, -0.25) is 9.59 Å². The van der Waals surface area contributed by atoms with E-state index in [0.717, 1.165) is 4.88 Å². The topological polar surface area (TPSA) is 75.4 Å². The van der Waals surface area contributed by atoms with Crippen LogP contribution in [0.1, 0.15) is 21.3 Å². The zero-order valence-corrected chi connectivity index (χ0v) is 12.7. The Bertz CT molecular complexity index is 621. The van der Waals surface area contributed by atoms with E-state index in [-0.39, 0.29) is 11.8 Å². The van der Waals surface area contributed by atoms with Gasteiger partial charge in [0.2, 0.25) is 5.91 Å². The molecule has 3 N–H and O–H groups in total. The zero-order chi connectivity index (χ0) is 15.4. The number of rotatable bonds is 4. The average molecular weight is 303 g/mol. The molecule has 0 radical (unpaired) electrons. The fourth-order valence-electron chi connectivity index (χ4n) is 1.77. The number of carbonyl (C=O) groups excluding carboxylic acids is 2. The molecule has 1 aromatic heterocycles. The predicted molar refractivity (Wildman–Crippen MR) is 84.3 cm³/mol. The van der Waals surface area contributed by atoms with E-state index < -0.39 is 6.04 Å². The Morgan fingerprint density at radius 1 is 1.19 bits per heavy atom. The molecular weight excluding hydrogens is 286 g/mol. The van der Waals surface area contributed by atoms with Gasteiger partial charge in [0.15, 0.2) is 0 Å². The first kappa shape index (κ1) is 15.2. The van der Waals surface area contributed by atoms with E-state index >= 15 is 0 Å². The lowest BCUT2D eigenvalue weighted by atomic mass is 10.1. The Hall–Kier alpha value is -2.18. The molecule has 5 nitrogen and oxygen atoms in total. The lowest BCUT2D eigenvalue weighted by Gasteiger charge is -2.12. The van der Waals surface area contributed by atoms with Crippen molar-refractivity contribution in [3.63, 3.8) is 0 Å². The van der Waals surface area contributed by atoms with Gasteiger partial charge in [0, 0.05) is 30.2 Å². The van der Waals surface area contributed by atoms with E-state index in [0.29, 0.717) is 11.3 Å². The van der Waals surface area contributed by atoms with Gasteiger partial charge in [-0.05, 0) is 35.7 Å². The molecule has 0 saturated carbocycles. The van der Waals surface area contributed by atoms with Crippen molar-refractivity contribution in [3.8, 4) is 0 Å². The number of hydrogen-bond donors (Lipinski definition) is 2. The van der Waals surface area contributed by atoms with E-state index in [1.165, 1.54) is 16.2 Å². The second-order valence-electron chi connectivity index (χ2n) is 4.76. The van der Waals surface area contributed by atoms with Crippen molar-refractivity contribution in [2.75, 3.05) is 19.4 Å². The zero-order valence-electron chi connectivity index (χ0n) is 11.9. The summed E-state index contributed by atoms with van der Waals surface area (Å²) in [6.45, 7) is 0. The first-order valence-electron chi connectivity index (χ1n) is 6.40. The molecule has 0 fully saturated rings. The highest BCUT2D eigenvalue weighted by Gasteiger charge is 2.17. The van der Waals surface area contributed by atoms with Crippen molar-refractivity contribution < 1.29 is 9.59 Å². The molecule has 0 aliphatic heterocycles. The third-order valence-corrected chi connectivity index (χ3v) is 3.89. The molecule has 1 heterocycles. The first-order valence-corrected chi connectivity index (χ1v) is 7.28. The highest BCUT2D eigenvalue weighted by Crippen LogP contribution is 2.19. The quantitative estimate of drug-likeness (QED) is 0.908. The van der Waals surface area contributed by atoms with Crippen LogP contribution in [0.15, 0.2) is 41.8 Å². The van der Waals surface area contributed by atoms with Crippen molar-refractivity contribution in [2.24, 2.45) is 5.73 Å². The smallest absolute Gasteiger partial charge is 0.253 e. The van der Waals surface area contributed by atoms with E-state index in [1.54, 1.807) is 38.4 Å². The fraction of sp³-hybridized carbons (Fsp3) is 0.200. The normalized spacial score (nSPS) is 11.8. The van der Waals surface area contributed by atoms with Crippen molar-refractivity contribution in [1.29, 1.82) is 0 Å². The third kappa shape index (κ3) is 3.68. The van der Waals surface area contributed by atoms with Crippen molar-refractivity contribution in [2.45, 2.75) is 6.04 Å². The molecule has 2 amide bonds. The van der Waals surface area contributed by atoms with Crippen LogP contribution in [-0.2, 0) is 4.79 Å². The molecule has 6 heteroatoms. The number of benzene rings is 1. The Kier molecular flexibility index (Phi) is 4.72. The minimum atomic E-state index is -0.687. The summed E-state index contributed by atoms with van der Waals surface area (Å²) < 4.78 is 0.